The molecule has 0 spiro atoms. The predicted octanol–water partition coefficient (Wildman–Crippen LogP) is 9.14. The lowest BCUT2D eigenvalue weighted by molar-refractivity contribution is -0.151. The molecule has 0 amide bonds. The zero-order valence-electron chi connectivity index (χ0n) is 25.4. The number of hydrogen-bond donors (Lipinski definition) is 0. The fraction of sp³-hybridized carbons (Fsp3) is 0.378. The summed E-state index contributed by atoms with van der Waals surface area (Å²) in [5.41, 5.74) is 5.40. The average molecular weight is 568 g/mol. The lowest BCUT2D eigenvalue weighted by Gasteiger charge is -2.18. The number of benzene rings is 3. The number of nitrogens with zero attached hydrogens (tertiary/aromatic N) is 1. The molecule has 5 heteroatoms. The Hall–Kier alpha value is -3.99. The van der Waals surface area contributed by atoms with Gasteiger partial charge in [0.15, 0.2) is 6.10 Å². The van der Waals surface area contributed by atoms with Crippen LogP contribution < -0.4 is 9.47 Å². The smallest absolute Gasteiger partial charge is 0.347 e. The Bertz CT molecular complexity index is 1340. The lowest BCUT2D eigenvalue weighted by Crippen LogP contribution is -2.31. The van der Waals surface area contributed by atoms with Crippen LogP contribution in [0.5, 0.6) is 11.5 Å². The molecule has 1 aromatic heterocycles. The standard InChI is InChI=1S/C37H45NO4/c1-4-6-7-8-9-10-14-27-41-33-24-20-32(21-25-33)38-29(3)17-26-35(38)31-18-22-34(23-19-31)42-36(37(39)40-5-2)28-30-15-12-11-13-16-30/h11-13,15-26,36H,4-10,14,27-28H2,1-3H3/t36-/m1/s1. The average Bonchev–Trinajstić information content (AvgIpc) is 3.40. The van der Waals surface area contributed by atoms with Gasteiger partial charge in [0.05, 0.1) is 18.9 Å². The number of ether oxygens (including phenoxy) is 3. The van der Waals surface area contributed by atoms with Crippen molar-refractivity contribution in [1.82, 2.24) is 4.57 Å². The van der Waals surface area contributed by atoms with E-state index < -0.39 is 6.10 Å². The van der Waals surface area contributed by atoms with Gasteiger partial charge in [-0.2, -0.15) is 0 Å². The molecule has 0 bridgehead atoms. The zero-order valence-corrected chi connectivity index (χ0v) is 25.4. The van der Waals surface area contributed by atoms with Gasteiger partial charge < -0.3 is 18.8 Å². The van der Waals surface area contributed by atoms with Crippen molar-refractivity contribution in [2.24, 2.45) is 0 Å². The number of aryl methyl sites for hydroxylation is 1. The van der Waals surface area contributed by atoms with E-state index in [1.165, 1.54) is 38.5 Å². The second-order valence-corrected chi connectivity index (χ2v) is 10.7. The van der Waals surface area contributed by atoms with Crippen LogP contribution in [0.25, 0.3) is 16.9 Å². The van der Waals surface area contributed by atoms with E-state index in [9.17, 15) is 4.79 Å². The molecule has 1 atom stereocenters. The quantitative estimate of drug-likeness (QED) is 0.0943. The second kappa shape index (κ2) is 16.5. The van der Waals surface area contributed by atoms with Crippen molar-refractivity contribution in [1.29, 1.82) is 0 Å². The first kappa shape index (κ1) is 31.0. The fourth-order valence-electron chi connectivity index (χ4n) is 5.15. The summed E-state index contributed by atoms with van der Waals surface area (Å²) in [5, 5.41) is 0. The maximum atomic E-state index is 12.6. The highest BCUT2D eigenvalue weighted by atomic mass is 16.6. The van der Waals surface area contributed by atoms with E-state index in [0.717, 1.165) is 47.0 Å². The van der Waals surface area contributed by atoms with Gasteiger partial charge in [0.25, 0.3) is 0 Å². The van der Waals surface area contributed by atoms with E-state index in [0.29, 0.717) is 18.8 Å². The Morgan fingerprint density at radius 1 is 0.738 bits per heavy atom. The van der Waals surface area contributed by atoms with Crippen molar-refractivity contribution in [3.63, 3.8) is 0 Å². The van der Waals surface area contributed by atoms with Gasteiger partial charge in [-0.3, -0.25) is 0 Å². The van der Waals surface area contributed by atoms with Crippen LogP contribution >= 0.6 is 0 Å². The van der Waals surface area contributed by atoms with Crippen molar-refractivity contribution in [2.75, 3.05) is 13.2 Å². The van der Waals surface area contributed by atoms with Crippen LogP contribution in [-0.4, -0.2) is 29.9 Å². The van der Waals surface area contributed by atoms with E-state index in [1.807, 2.05) is 54.6 Å². The van der Waals surface area contributed by atoms with Crippen molar-refractivity contribution in [3.8, 4) is 28.4 Å². The number of aromatic nitrogens is 1. The zero-order chi connectivity index (χ0) is 29.6. The van der Waals surface area contributed by atoms with Crippen LogP contribution in [0.2, 0.25) is 0 Å². The monoisotopic (exact) mass is 567 g/mol. The molecule has 0 radical (unpaired) electrons. The minimum atomic E-state index is -0.712. The summed E-state index contributed by atoms with van der Waals surface area (Å²) in [5.74, 6) is 1.18. The van der Waals surface area contributed by atoms with Gasteiger partial charge in [0, 0.05) is 17.8 Å². The minimum Gasteiger partial charge on any atom is -0.494 e. The van der Waals surface area contributed by atoms with Crippen LogP contribution in [0, 0.1) is 6.92 Å². The van der Waals surface area contributed by atoms with Crippen LogP contribution in [0.1, 0.15) is 70.1 Å². The van der Waals surface area contributed by atoms with Gasteiger partial charge in [-0.1, -0.05) is 75.8 Å². The molecular formula is C37H45NO4. The van der Waals surface area contributed by atoms with E-state index >= 15 is 0 Å². The molecule has 3 aromatic carbocycles. The summed E-state index contributed by atoms with van der Waals surface area (Å²) in [6.07, 6.45) is 8.68. The first-order valence-corrected chi connectivity index (χ1v) is 15.5. The number of unbranched alkanes of at least 4 members (excludes halogenated alkanes) is 6. The summed E-state index contributed by atoms with van der Waals surface area (Å²) >= 11 is 0. The highest BCUT2D eigenvalue weighted by molar-refractivity contribution is 5.75. The first-order chi connectivity index (χ1) is 20.6. The number of carbonyl (C=O) groups excluding carboxylic acids is 1. The van der Waals surface area contributed by atoms with Crippen molar-refractivity contribution >= 4 is 5.97 Å². The third-order valence-corrected chi connectivity index (χ3v) is 7.43. The molecule has 0 aliphatic heterocycles. The maximum absolute atomic E-state index is 12.6. The molecule has 0 N–H and O–H groups in total. The number of carbonyl (C=O) groups is 1. The van der Waals surface area contributed by atoms with Gasteiger partial charge in [0.2, 0.25) is 0 Å². The molecule has 5 nitrogen and oxygen atoms in total. The molecule has 0 saturated carbocycles. The summed E-state index contributed by atoms with van der Waals surface area (Å²) in [4.78, 5) is 12.6. The summed E-state index contributed by atoms with van der Waals surface area (Å²) < 4.78 is 19.7. The third-order valence-electron chi connectivity index (χ3n) is 7.43. The van der Waals surface area contributed by atoms with Crippen LogP contribution in [0.15, 0.2) is 91.0 Å². The van der Waals surface area contributed by atoms with Crippen molar-refractivity contribution in [3.05, 3.63) is 102 Å². The molecule has 0 unspecified atom stereocenters. The molecule has 4 rings (SSSR count). The third kappa shape index (κ3) is 9.01. The van der Waals surface area contributed by atoms with Crippen LogP contribution in [0.3, 0.4) is 0 Å². The predicted molar refractivity (Wildman–Crippen MR) is 171 cm³/mol. The molecule has 1 heterocycles. The van der Waals surface area contributed by atoms with Crippen LogP contribution in [-0.2, 0) is 16.0 Å². The fourth-order valence-corrected chi connectivity index (χ4v) is 5.15. The summed E-state index contributed by atoms with van der Waals surface area (Å²) in [6, 6.07) is 30.4. The normalized spacial score (nSPS) is 11.7. The van der Waals surface area contributed by atoms with Crippen LogP contribution in [0.4, 0.5) is 0 Å². The van der Waals surface area contributed by atoms with Gasteiger partial charge in [-0.05, 0) is 92.1 Å². The maximum Gasteiger partial charge on any atom is 0.347 e. The van der Waals surface area contributed by atoms with Crippen molar-refractivity contribution in [2.45, 2.75) is 78.2 Å². The highest BCUT2D eigenvalue weighted by Gasteiger charge is 2.22. The molecule has 4 aromatic rings. The summed E-state index contributed by atoms with van der Waals surface area (Å²) in [7, 11) is 0. The molecule has 0 aliphatic rings. The molecule has 222 valence electrons. The highest BCUT2D eigenvalue weighted by Crippen LogP contribution is 2.29. The van der Waals surface area contributed by atoms with Crippen molar-refractivity contribution < 1.29 is 19.0 Å². The second-order valence-electron chi connectivity index (χ2n) is 10.7. The molecular weight excluding hydrogens is 522 g/mol. The van der Waals surface area contributed by atoms with Gasteiger partial charge in [0.1, 0.15) is 11.5 Å². The minimum absolute atomic E-state index is 0.315. The largest absolute Gasteiger partial charge is 0.494 e. The number of esters is 1. The molecule has 0 saturated heterocycles. The SMILES string of the molecule is CCCCCCCCCOc1ccc(-n2c(C)ccc2-c2ccc(O[C@H](Cc3ccccc3)C(=O)OCC)cc2)cc1. The van der Waals surface area contributed by atoms with Gasteiger partial charge in [-0.25, -0.2) is 4.79 Å². The van der Waals surface area contributed by atoms with Gasteiger partial charge in [-0.15, -0.1) is 0 Å². The summed E-state index contributed by atoms with van der Waals surface area (Å²) in [6.45, 7) is 7.25. The van der Waals surface area contributed by atoms with E-state index in [2.05, 4.69) is 54.8 Å². The Morgan fingerprint density at radius 3 is 2.10 bits per heavy atom. The molecule has 42 heavy (non-hydrogen) atoms. The first-order valence-electron chi connectivity index (χ1n) is 15.5. The Kier molecular flexibility index (Phi) is 12.1. The van der Waals surface area contributed by atoms with E-state index in [-0.39, 0.29) is 5.97 Å². The van der Waals surface area contributed by atoms with E-state index in [1.54, 1.807) is 6.92 Å². The Morgan fingerprint density at radius 2 is 1.40 bits per heavy atom. The number of hydrogen-bond acceptors (Lipinski definition) is 4. The van der Waals surface area contributed by atoms with E-state index in [4.69, 9.17) is 14.2 Å². The molecule has 0 aliphatic carbocycles. The Balaban J connectivity index is 1.38. The topological polar surface area (TPSA) is 49.7 Å². The van der Waals surface area contributed by atoms with Gasteiger partial charge >= 0.3 is 5.97 Å². The number of rotatable bonds is 17. The molecule has 0 fully saturated rings. The lowest BCUT2D eigenvalue weighted by atomic mass is 10.1. The Labute approximate surface area is 251 Å².